The van der Waals surface area contributed by atoms with Crippen LogP contribution in [0.4, 0.5) is 14.9 Å². The highest BCUT2D eigenvalue weighted by Gasteiger charge is 2.22. The molecule has 0 unspecified atom stereocenters. The van der Waals surface area contributed by atoms with Crippen LogP contribution in [0.1, 0.15) is 33.6 Å². The maximum atomic E-state index is 13.1. The Labute approximate surface area is 130 Å². The quantitative estimate of drug-likeness (QED) is 0.872. The molecule has 1 aliphatic rings. The average Bonchev–Trinajstić information content (AvgIpc) is 2.44. The summed E-state index contributed by atoms with van der Waals surface area (Å²) in [6.45, 7) is 7.86. The largest absolute Gasteiger partial charge is 0.444 e. The molecule has 122 valence electrons. The molecule has 0 spiro atoms. The Hall–Kier alpha value is -1.85. The second kappa shape index (κ2) is 6.94. The molecule has 2 rings (SSSR count). The van der Waals surface area contributed by atoms with Gasteiger partial charge in [-0.3, -0.25) is 0 Å². The number of pyridine rings is 1. The van der Waals surface area contributed by atoms with Gasteiger partial charge in [0.2, 0.25) is 5.95 Å². The fraction of sp³-hybridized carbons (Fsp3) is 0.625. The van der Waals surface area contributed by atoms with E-state index in [4.69, 9.17) is 4.74 Å². The molecule has 1 saturated heterocycles. The molecule has 0 radical (unpaired) electrons. The van der Waals surface area contributed by atoms with Crippen molar-refractivity contribution in [2.24, 2.45) is 5.92 Å². The number of nitrogens with zero attached hydrogens (tertiary/aromatic N) is 2. The van der Waals surface area contributed by atoms with Crippen LogP contribution >= 0.6 is 0 Å². The van der Waals surface area contributed by atoms with E-state index in [9.17, 15) is 9.18 Å². The molecule has 1 fully saturated rings. The van der Waals surface area contributed by atoms with Gasteiger partial charge in [0.15, 0.2) is 0 Å². The zero-order valence-electron chi connectivity index (χ0n) is 13.4. The Kier molecular flexibility index (Phi) is 5.21. The first kappa shape index (κ1) is 16.5. The number of carbonyl (C=O) groups is 1. The third-order valence-electron chi connectivity index (χ3n) is 3.62. The van der Waals surface area contributed by atoms with E-state index in [1.54, 1.807) is 0 Å². The Morgan fingerprint density at radius 1 is 1.45 bits per heavy atom. The number of piperidine rings is 1. The molecule has 1 N–H and O–H groups in total. The molecule has 6 heteroatoms. The zero-order chi connectivity index (χ0) is 16.2. The summed E-state index contributed by atoms with van der Waals surface area (Å²) >= 11 is 0. The average molecular weight is 309 g/mol. The summed E-state index contributed by atoms with van der Waals surface area (Å²) < 4.78 is 18.4. The molecule has 22 heavy (non-hydrogen) atoms. The molecule has 5 nitrogen and oxygen atoms in total. The van der Waals surface area contributed by atoms with Crippen LogP contribution in [-0.2, 0) is 4.74 Å². The number of carbonyl (C=O) groups excluding carboxylic acids is 1. The summed E-state index contributed by atoms with van der Waals surface area (Å²) in [4.78, 5) is 17.4. The summed E-state index contributed by atoms with van der Waals surface area (Å²) in [5, 5.41) is 2.82. The van der Waals surface area contributed by atoms with E-state index in [1.807, 2.05) is 26.8 Å². The first-order valence-corrected chi connectivity index (χ1v) is 7.67. The van der Waals surface area contributed by atoms with Crippen LogP contribution in [0.25, 0.3) is 0 Å². The van der Waals surface area contributed by atoms with Crippen molar-refractivity contribution in [3.63, 3.8) is 0 Å². The third-order valence-corrected chi connectivity index (χ3v) is 3.62. The van der Waals surface area contributed by atoms with E-state index in [-0.39, 0.29) is 6.09 Å². The number of halogens is 1. The molecule has 2 heterocycles. The topological polar surface area (TPSA) is 54.5 Å². The van der Waals surface area contributed by atoms with Crippen molar-refractivity contribution in [1.29, 1.82) is 0 Å². The number of anilines is 1. The lowest BCUT2D eigenvalue weighted by atomic mass is 9.96. The molecule has 1 aliphatic heterocycles. The van der Waals surface area contributed by atoms with Crippen LogP contribution < -0.4 is 10.2 Å². The lowest BCUT2D eigenvalue weighted by Crippen LogP contribution is -2.40. The molecule has 0 atom stereocenters. The van der Waals surface area contributed by atoms with Crippen LogP contribution in [0.15, 0.2) is 18.3 Å². The number of hydrogen-bond acceptors (Lipinski definition) is 4. The maximum absolute atomic E-state index is 13.1. The highest BCUT2D eigenvalue weighted by molar-refractivity contribution is 5.67. The molecule has 1 aromatic heterocycles. The van der Waals surface area contributed by atoms with Gasteiger partial charge >= 0.3 is 6.09 Å². The van der Waals surface area contributed by atoms with Gasteiger partial charge in [-0.15, -0.1) is 0 Å². The van der Waals surface area contributed by atoms with E-state index < -0.39 is 11.5 Å². The van der Waals surface area contributed by atoms with E-state index in [0.717, 1.165) is 31.6 Å². The third kappa shape index (κ3) is 5.16. The summed E-state index contributed by atoms with van der Waals surface area (Å²) in [6.07, 6.45) is 3.03. The van der Waals surface area contributed by atoms with Gasteiger partial charge in [0.25, 0.3) is 0 Å². The van der Waals surface area contributed by atoms with Crippen molar-refractivity contribution in [2.45, 2.75) is 39.2 Å². The zero-order valence-corrected chi connectivity index (χ0v) is 13.4. The van der Waals surface area contributed by atoms with Crippen molar-refractivity contribution >= 4 is 11.8 Å². The Morgan fingerprint density at radius 3 is 2.73 bits per heavy atom. The first-order valence-electron chi connectivity index (χ1n) is 7.67. The van der Waals surface area contributed by atoms with Crippen molar-refractivity contribution in [3.05, 3.63) is 24.3 Å². The fourth-order valence-corrected chi connectivity index (χ4v) is 2.53. The lowest BCUT2D eigenvalue weighted by Gasteiger charge is -2.33. The van der Waals surface area contributed by atoms with Crippen LogP contribution in [0.2, 0.25) is 0 Å². The van der Waals surface area contributed by atoms with Gasteiger partial charge in [-0.1, -0.05) is 0 Å². The standard InChI is InChI=1S/C16H24FN3O2/c1-16(2,3)22-15(21)19-11-12-5-8-20(9-6-12)13-4-7-18-14(17)10-13/h4,7,10,12H,5-6,8-9,11H2,1-3H3,(H,19,21). The van der Waals surface area contributed by atoms with Gasteiger partial charge in [-0.05, 0) is 45.6 Å². The van der Waals surface area contributed by atoms with Gasteiger partial charge in [0, 0.05) is 37.6 Å². The van der Waals surface area contributed by atoms with Gasteiger partial charge in [-0.2, -0.15) is 4.39 Å². The number of amides is 1. The van der Waals surface area contributed by atoms with Gasteiger partial charge in [-0.25, -0.2) is 9.78 Å². The van der Waals surface area contributed by atoms with Gasteiger partial charge < -0.3 is 15.0 Å². The number of ether oxygens (including phenoxy) is 1. The minimum atomic E-state index is -0.473. The Morgan fingerprint density at radius 2 is 2.14 bits per heavy atom. The molecule has 0 aliphatic carbocycles. The predicted octanol–water partition coefficient (Wildman–Crippen LogP) is 2.96. The predicted molar refractivity (Wildman–Crippen MR) is 83.4 cm³/mol. The molecule has 0 bridgehead atoms. The first-order chi connectivity index (χ1) is 10.3. The van der Waals surface area contributed by atoms with E-state index in [2.05, 4.69) is 15.2 Å². The Balaban J connectivity index is 1.74. The fourth-order valence-electron chi connectivity index (χ4n) is 2.53. The smallest absolute Gasteiger partial charge is 0.407 e. The SMILES string of the molecule is CC(C)(C)OC(=O)NCC1CCN(c2ccnc(F)c2)CC1. The second-order valence-corrected chi connectivity index (χ2v) is 6.65. The number of hydrogen-bond donors (Lipinski definition) is 1. The van der Waals surface area contributed by atoms with Crippen molar-refractivity contribution in [1.82, 2.24) is 10.3 Å². The number of rotatable bonds is 3. The highest BCUT2D eigenvalue weighted by Crippen LogP contribution is 2.23. The van der Waals surface area contributed by atoms with Crippen molar-refractivity contribution in [2.75, 3.05) is 24.5 Å². The van der Waals surface area contributed by atoms with E-state index in [1.165, 1.54) is 12.3 Å². The Bertz CT molecular complexity index is 508. The highest BCUT2D eigenvalue weighted by atomic mass is 19.1. The molecule has 1 amide bonds. The minimum absolute atomic E-state index is 0.369. The van der Waals surface area contributed by atoms with Crippen LogP contribution in [0.3, 0.4) is 0 Å². The summed E-state index contributed by atoms with van der Waals surface area (Å²) in [6, 6.07) is 3.28. The normalized spacial score (nSPS) is 16.5. The molecule has 1 aromatic rings. The van der Waals surface area contributed by atoms with Crippen LogP contribution in [-0.4, -0.2) is 36.3 Å². The number of nitrogens with one attached hydrogen (secondary N) is 1. The van der Waals surface area contributed by atoms with E-state index >= 15 is 0 Å². The monoisotopic (exact) mass is 309 g/mol. The number of alkyl carbamates (subject to hydrolysis) is 1. The molecule has 0 aromatic carbocycles. The summed E-state index contributed by atoms with van der Waals surface area (Å²) in [5.74, 6) is -0.0262. The van der Waals surface area contributed by atoms with Crippen molar-refractivity contribution < 1.29 is 13.9 Å². The van der Waals surface area contributed by atoms with Gasteiger partial charge in [0.1, 0.15) is 5.60 Å². The minimum Gasteiger partial charge on any atom is -0.444 e. The number of aromatic nitrogens is 1. The summed E-state index contributed by atoms with van der Waals surface area (Å²) in [5.41, 5.74) is 0.393. The van der Waals surface area contributed by atoms with Crippen molar-refractivity contribution in [3.8, 4) is 0 Å². The summed E-state index contributed by atoms with van der Waals surface area (Å²) in [7, 11) is 0. The maximum Gasteiger partial charge on any atom is 0.407 e. The molecular weight excluding hydrogens is 285 g/mol. The van der Waals surface area contributed by atoms with Crippen LogP contribution in [0.5, 0.6) is 0 Å². The second-order valence-electron chi connectivity index (χ2n) is 6.65. The van der Waals surface area contributed by atoms with Gasteiger partial charge in [0.05, 0.1) is 0 Å². The van der Waals surface area contributed by atoms with E-state index in [0.29, 0.717) is 12.5 Å². The van der Waals surface area contributed by atoms with Crippen LogP contribution in [0, 0.1) is 11.9 Å². The molecular formula is C16H24FN3O2. The molecule has 0 saturated carbocycles. The lowest BCUT2D eigenvalue weighted by molar-refractivity contribution is 0.0517.